The number of thioether (sulfide) groups is 1. The minimum atomic E-state index is -0.149. The van der Waals surface area contributed by atoms with Gasteiger partial charge in [0.2, 0.25) is 5.91 Å². The summed E-state index contributed by atoms with van der Waals surface area (Å²) in [5.74, 6) is 0.791. The summed E-state index contributed by atoms with van der Waals surface area (Å²) in [4.78, 5) is 20.1. The lowest BCUT2D eigenvalue weighted by Crippen LogP contribution is -2.25. The van der Waals surface area contributed by atoms with E-state index in [4.69, 9.17) is 0 Å². The Bertz CT molecular complexity index is 708. The van der Waals surface area contributed by atoms with Gasteiger partial charge in [-0.25, -0.2) is 0 Å². The lowest BCUT2D eigenvalue weighted by molar-refractivity contribution is -0.115. The number of aliphatic imine (C=N–C) groups is 1. The number of nitrogens with one attached hydrogen (secondary N) is 1. The molecular weight excluding hydrogens is 294 g/mol. The van der Waals surface area contributed by atoms with Crippen LogP contribution >= 0.6 is 11.8 Å². The molecule has 2 heterocycles. The average molecular weight is 309 g/mol. The number of carbonyl (C=O) groups is 1. The second kappa shape index (κ2) is 7.04. The van der Waals surface area contributed by atoms with Gasteiger partial charge in [-0.1, -0.05) is 42.1 Å². The first-order chi connectivity index (χ1) is 10.8. The number of aromatic nitrogens is 1. The molecule has 2 aromatic rings. The van der Waals surface area contributed by atoms with Gasteiger partial charge in [-0.2, -0.15) is 0 Å². The minimum Gasteiger partial charge on any atom is -0.302 e. The Morgan fingerprint density at radius 1 is 1.18 bits per heavy atom. The van der Waals surface area contributed by atoms with Gasteiger partial charge in [-0.15, -0.1) is 0 Å². The van der Waals surface area contributed by atoms with Crippen LogP contribution in [0.4, 0.5) is 0 Å². The van der Waals surface area contributed by atoms with E-state index in [-0.39, 0.29) is 5.91 Å². The third kappa shape index (κ3) is 3.83. The van der Waals surface area contributed by atoms with Crippen LogP contribution < -0.4 is 5.32 Å². The fraction of sp³-hybridized carbons (Fsp3) is 0.118. The predicted octanol–water partition coefficient (Wildman–Crippen LogP) is 2.98. The van der Waals surface area contributed by atoms with Gasteiger partial charge >= 0.3 is 0 Å². The van der Waals surface area contributed by atoms with Gasteiger partial charge in [0.15, 0.2) is 5.17 Å². The standard InChI is InChI=1S/C17H15N3OS/c21-16(20-17-19-10-11-22-17)8-5-13-3-6-14(7-4-13)15-2-1-9-18-12-15/h1-9,12H,10-11H2,(H,19,20,21)/b8-5+. The van der Waals surface area contributed by atoms with Gasteiger partial charge in [0.05, 0.1) is 6.54 Å². The zero-order valence-corrected chi connectivity index (χ0v) is 12.7. The van der Waals surface area contributed by atoms with Crippen molar-refractivity contribution < 1.29 is 4.79 Å². The van der Waals surface area contributed by atoms with Crippen LogP contribution in [-0.4, -0.2) is 28.4 Å². The lowest BCUT2D eigenvalue weighted by Gasteiger charge is -2.02. The van der Waals surface area contributed by atoms with Crippen LogP contribution in [0, 0.1) is 0 Å². The van der Waals surface area contributed by atoms with E-state index in [1.165, 1.54) is 6.08 Å². The quantitative estimate of drug-likeness (QED) is 0.887. The van der Waals surface area contributed by atoms with E-state index in [2.05, 4.69) is 15.3 Å². The zero-order valence-electron chi connectivity index (χ0n) is 11.9. The summed E-state index contributed by atoms with van der Waals surface area (Å²) >= 11 is 1.57. The van der Waals surface area contributed by atoms with E-state index < -0.39 is 0 Å². The Balaban J connectivity index is 1.63. The Morgan fingerprint density at radius 2 is 2.05 bits per heavy atom. The van der Waals surface area contributed by atoms with Crippen molar-refractivity contribution in [2.45, 2.75) is 0 Å². The molecule has 0 bridgehead atoms. The smallest absolute Gasteiger partial charge is 0.249 e. The van der Waals surface area contributed by atoms with Gasteiger partial charge in [-0.3, -0.25) is 14.8 Å². The molecule has 0 fully saturated rings. The number of carbonyl (C=O) groups excluding carboxylic acids is 1. The molecule has 1 N–H and O–H groups in total. The van der Waals surface area contributed by atoms with Gasteiger partial charge in [0.1, 0.15) is 0 Å². The van der Waals surface area contributed by atoms with E-state index in [1.807, 2.05) is 42.6 Å². The van der Waals surface area contributed by atoms with E-state index in [0.717, 1.165) is 29.0 Å². The summed E-state index contributed by atoms with van der Waals surface area (Å²) in [5.41, 5.74) is 3.15. The number of pyridine rings is 1. The summed E-state index contributed by atoms with van der Waals surface area (Å²) in [6, 6.07) is 11.9. The van der Waals surface area contributed by atoms with E-state index >= 15 is 0 Å². The van der Waals surface area contributed by atoms with Crippen molar-refractivity contribution in [1.82, 2.24) is 10.3 Å². The van der Waals surface area contributed by atoms with Crippen molar-refractivity contribution in [3.05, 3.63) is 60.4 Å². The van der Waals surface area contributed by atoms with Gasteiger partial charge in [-0.05, 0) is 28.8 Å². The molecule has 4 nitrogen and oxygen atoms in total. The number of nitrogens with zero attached hydrogens (tertiary/aromatic N) is 2. The number of benzene rings is 1. The van der Waals surface area contributed by atoms with Crippen molar-refractivity contribution >= 4 is 28.9 Å². The molecule has 1 aromatic heterocycles. The maximum Gasteiger partial charge on any atom is 0.249 e. The Labute approximate surface area is 133 Å². The number of rotatable bonds is 3. The van der Waals surface area contributed by atoms with E-state index in [1.54, 1.807) is 24.0 Å². The van der Waals surface area contributed by atoms with Crippen LogP contribution in [0.25, 0.3) is 17.2 Å². The summed E-state index contributed by atoms with van der Waals surface area (Å²) in [6.07, 6.45) is 6.91. The highest BCUT2D eigenvalue weighted by Crippen LogP contribution is 2.18. The fourth-order valence-electron chi connectivity index (χ4n) is 2.05. The monoisotopic (exact) mass is 309 g/mol. The normalized spacial score (nSPS) is 14.1. The van der Waals surface area contributed by atoms with Crippen molar-refractivity contribution in [3.63, 3.8) is 0 Å². The highest BCUT2D eigenvalue weighted by atomic mass is 32.2. The molecule has 1 aromatic carbocycles. The van der Waals surface area contributed by atoms with Crippen LogP contribution in [0.5, 0.6) is 0 Å². The molecule has 110 valence electrons. The topological polar surface area (TPSA) is 54.4 Å². The largest absolute Gasteiger partial charge is 0.302 e. The number of hydrogen-bond acceptors (Lipinski definition) is 4. The lowest BCUT2D eigenvalue weighted by atomic mass is 10.1. The van der Waals surface area contributed by atoms with Crippen LogP contribution in [0.3, 0.4) is 0 Å². The minimum absolute atomic E-state index is 0.149. The van der Waals surface area contributed by atoms with E-state index in [0.29, 0.717) is 5.17 Å². The molecule has 3 rings (SSSR count). The van der Waals surface area contributed by atoms with Crippen LogP contribution in [0.1, 0.15) is 5.56 Å². The maximum atomic E-state index is 11.8. The van der Waals surface area contributed by atoms with Crippen molar-refractivity contribution in [2.24, 2.45) is 4.99 Å². The predicted molar refractivity (Wildman–Crippen MR) is 91.6 cm³/mol. The van der Waals surface area contributed by atoms with Gasteiger partial charge in [0, 0.05) is 24.2 Å². The highest BCUT2D eigenvalue weighted by Gasteiger charge is 2.08. The van der Waals surface area contributed by atoms with Crippen LogP contribution in [-0.2, 0) is 4.79 Å². The maximum absolute atomic E-state index is 11.8. The van der Waals surface area contributed by atoms with Crippen LogP contribution in [0.15, 0.2) is 59.9 Å². The van der Waals surface area contributed by atoms with Gasteiger partial charge in [0.25, 0.3) is 0 Å². The molecule has 1 amide bonds. The summed E-state index contributed by atoms with van der Waals surface area (Å²) in [7, 11) is 0. The Morgan fingerprint density at radius 3 is 2.73 bits per heavy atom. The third-order valence-electron chi connectivity index (χ3n) is 3.15. The van der Waals surface area contributed by atoms with Crippen LogP contribution in [0.2, 0.25) is 0 Å². The summed E-state index contributed by atoms with van der Waals surface area (Å²) < 4.78 is 0. The Hall–Kier alpha value is -2.40. The molecule has 0 aliphatic carbocycles. The summed E-state index contributed by atoms with van der Waals surface area (Å²) in [6.45, 7) is 0.778. The first-order valence-corrected chi connectivity index (χ1v) is 7.96. The number of hydrogen-bond donors (Lipinski definition) is 1. The molecule has 22 heavy (non-hydrogen) atoms. The zero-order chi connectivity index (χ0) is 15.2. The van der Waals surface area contributed by atoms with Crippen molar-refractivity contribution in [2.75, 3.05) is 12.3 Å². The number of amides is 1. The second-order valence-electron chi connectivity index (χ2n) is 4.72. The SMILES string of the molecule is O=C(/C=C/c1ccc(-c2cccnc2)cc1)NC1=NCCS1. The number of amidine groups is 1. The molecule has 1 aliphatic heterocycles. The highest BCUT2D eigenvalue weighted by molar-refractivity contribution is 8.14. The third-order valence-corrected chi connectivity index (χ3v) is 4.04. The van der Waals surface area contributed by atoms with Crippen molar-refractivity contribution in [3.8, 4) is 11.1 Å². The second-order valence-corrected chi connectivity index (χ2v) is 5.81. The molecular formula is C17H15N3OS. The van der Waals surface area contributed by atoms with Gasteiger partial charge < -0.3 is 5.32 Å². The Kier molecular flexibility index (Phi) is 4.65. The first kappa shape index (κ1) is 14.5. The molecule has 0 radical (unpaired) electrons. The summed E-state index contributed by atoms with van der Waals surface area (Å²) in [5, 5.41) is 3.48. The van der Waals surface area contributed by atoms with Crippen molar-refractivity contribution in [1.29, 1.82) is 0 Å². The van der Waals surface area contributed by atoms with E-state index in [9.17, 15) is 4.79 Å². The fourth-order valence-corrected chi connectivity index (χ4v) is 2.78. The average Bonchev–Trinajstić information content (AvgIpc) is 3.07. The molecule has 5 heteroatoms. The first-order valence-electron chi connectivity index (χ1n) is 6.98. The molecule has 0 unspecified atom stereocenters. The molecule has 0 saturated heterocycles. The molecule has 1 aliphatic rings. The molecule has 0 saturated carbocycles. The molecule has 0 spiro atoms. The molecule has 0 atom stereocenters.